The summed E-state index contributed by atoms with van der Waals surface area (Å²) in [6, 6.07) is 2.83. The zero-order valence-corrected chi connectivity index (χ0v) is 16.3. The maximum Gasteiger partial charge on any atom is 0.410 e. The summed E-state index contributed by atoms with van der Waals surface area (Å²) < 4.78 is 7.03. The van der Waals surface area contributed by atoms with E-state index in [1.165, 1.54) is 9.80 Å². The van der Waals surface area contributed by atoms with E-state index in [2.05, 4.69) is 11.2 Å². The van der Waals surface area contributed by atoms with Gasteiger partial charge in [-0.2, -0.15) is 10.4 Å². The number of carbonyl (C=O) groups is 2. The molecule has 0 unspecified atom stereocenters. The highest BCUT2D eigenvalue weighted by molar-refractivity contribution is 5.81. The molecular weight excluding hydrogens is 334 g/mol. The van der Waals surface area contributed by atoms with Gasteiger partial charge < -0.3 is 14.5 Å². The molecule has 0 saturated carbocycles. The third-order valence-corrected chi connectivity index (χ3v) is 4.23. The topological polar surface area (TPSA) is 91.5 Å². The van der Waals surface area contributed by atoms with E-state index < -0.39 is 23.8 Å². The molecule has 0 aliphatic carbocycles. The number of piperazine rings is 1. The lowest BCUT2D eigenvalue weighted by atomic mass is 10.1. The fourth-order valence-corrected chi connectivity index (χ4v) is 3.03. The molecule has 1 fully saturated rings. The first-order valence-electron chi connectivity index (χ1n) is 8.74. The van der Waals surface area contributed by atoms with Crippen molar-refractivity contribution < 1.29 is 14.3 Å². The van der Waals surface area contributed by atoms with Gasteiger partial charge in [0, 0.05) is 18.8 Å². The molecule has 0 aromatic carbocycles. The van der Waals surface area contributed by atoms with Gasteiger partial charge in [0.05, 0.1) is 18.3 Å². The second-order valence-corrected chi connectivity index (χ2v) is 7.65. The molecule has 2 amide bonds. The SMILES string of the molecule is Cc1cc(C)n([C@H](C)C(=O)N2CCN(C(=O)OC(C)(C)C)C[C@H]2C#N)n1. The lowest BCUT2D eigenvalue weighted by molar-refractivity contribution is -0.138. The van der Waals surface area contributed by atoms with Crippen molar-refractivity contribution in [2.75, 3.05) is 19.6 Å². The van der Waals surface area contributed by atoms with Crippen molar-refractivity contribution in [2.24, 2.45) is 0 Å². The molecule has 0 radical (unpaired) electrons. The number of ether oxygens (including phenoxy) is 1. The lowest BCUT2D eigenvalue weighted by Gasteiger charge is -2.39. The number of rotatable bonds is 2. The molecule has 0 spiro atoms. The van der Waals surface area contributed by atoms with Crippen LogP contribution in [0.25, 0.3) is 0 Å². The highest BCUT2D eigenvalue weighted by atomic mass is 16.6. The Balaban J connectivity index is 2.09. The van der Waals surface area contributed by atoms with Crippen molar-refractivity contribution >= 4 is 12.0 Å². The molecule has 1 aliphatic heterocycles. The Hall–Kier alpha value is -2.56. The highest BCUT2D eigenvalue weighted by Crippen LogP contribution is 2.19. The Labute approximate surface area is 154 Å². The Kier molecular flexibility index (Phi) is 5.59. The summed E-state index contributed by atoms with van der Waals surface area (Å²) in [4.78, 5) is 28.2. The molecule has 1 aliphatic rings. The van der Waals surface area contributed by atoms with Crippen LogP contribution in [0.3, 0.4) is 0 Å². The molecule has 1 saturated heterocycles. The summed E-state index contributed by atoms with van der Waals surface area (Å²) in [7, 11) is 0. The van der Waals surface area contributed by atoms with Crippen molar-refractivity contribution in [1.29, 1.82) is 5.26 Å². The van der Waals surface area contributed by atoms with Crippen LogP contribution in [-0.4, -0.2) is 62.9 Å². The van der Waals surface area contributed by atoms with Crippen molar-refractivity contribution in [3.63, 3.8) is 0 Å². The minimum absolute atomic E-state index is 0.140. The minimum Gasteiger partial charge on any atom is -0.444 e. The second kappa shape index (κ2) is 7.36. The largest absolute Gasteiger partial charge is 0.444 e. The minimum atomic E-state index is -0.705. The number of hydrogen-bond donors (Lipinski definition) is 0. The van der Waals surface area contributed by atoms with Gasteiger partial charge >= 0.3 is 6.09 Å². The molecule has 26 heavy (non-hydrogen) atoms. The molecule has 2 atom stereocenters. The van der Waals surface area contributed by atoms with Crippen molar-refractivity contribution in [3.8, 4) is 6.07 Å². The molecule has 2 heterocycles. The highest BCUT2D eigenvalue weighted by Gasteiger charge is 2.36. The van der Waals surface area contributed by atoms with Gasteiger partial charge in [-0.1, -0.05) is 0 Å². The number of carbonyl (C=O) groups excluding carboxylic acids is 2. The predicted molar refractivity (Wildman–Crippen MR) is 95.3 cm³/mol. The third-order valence-electron chi connectivity index (χ3n) is 4.23. The van der Waals surface area contributed by atoms with Gasteiger partial charge in [-0.3, -0.25) is 9.48 Å². The standard InChI is InChI=1S/C18H27N5O3/c1-12-9-13(2)23(20-12)14(3)16(24)22-8-7-21(11-15(22)10-19)17(25)26-18(4,5)6/h9,14-15H,7-8,11H2,1-6H3/t14-,15-/m1/s1. The van der Waals surface area contributed by atoms with Crippen LogP contribution in [0.15, 0.2) is 6.07 Å². The quantitative estimate of drug-likeness (QED) is 0.804. The van der Waals surface area contributed by atoms with Crippen molar-refractivity contribution in [2.45, 2.75) is 59.2 Å². The normalized spacial score (nSPS) is 19.0. The molecular formula is C18H27N5O3. The van der Waals surface area contributed by atoms with Gasteiger partial charge in [0.2, 0.25) is 5.91 Å². The Morgan fingerprint density at radius 3 is 2.50 bits per heavy atom. The summed E-state index contributed by atoms with van der Waals surface area (Å²) in [6.07, 6.45) is -0.462. The number of hydrogen-bond acceptors (Lipinski definition) is 5. The van der Waals surface area contributed by atoms with E-state index in [1.54, 1.807) is 32.4 Å². The second-order valence-electron chi connectivity index (χ2n) is 7.65. The first kappa shape index (κ1) is 19.8. The molecule has 8 nitrogen and oxygen atoms in total. The average Bonchev–Trinajstić information content (AvgIpc) is 2.89. The van der Waals surface area contributed by atoms with Crippen LogP contribution < -0.4 is 0 Å². The Morgan fingerprint density at radius 1 is 1.35 bits per heavy atom. The Bertz CT molecular complexity index is 728. The zero-order chi connectivity index (χ0) is 19.6. The number of aryl methyl sites for hydroxylation is 2. The summed E-state index contributed by atoms with van der Waals surface area (Å²) in [5.74, 6) is -0.174. The summed E-state index contributed by atoms with van der Waals surface area (Å²) in [5.41, 5.74) is 1.13. The van der Waals surface area contributed by atoms with Crippen molar-refractivity contribution in [3.05, 3.63) is 17.5 Å². The van der Waals surface area contributed by atoms with E-state index >= 15 is 0 Å². The van der Waals surface area contributed by atoms with E-state index in [-0.39, 0.29) is 12.5 Å². The van der Waals surface area contributed by atoms with E-state index in [1.807, 2.05) is 19.9 Å². The van der Waals surface area contributed by atoms with Crippen molar-refractivity contribution in [1.82, 2.24) is 19.6 Å². The molecule has 8 heteroatoms. The third kappa shape index (κ3) is 4.34. The van der Waals surface area contributed by atoms with Crippen LogP contribution in [0, 0.1) is 25.2 Å². The maximum atomic E-state index is 12.9. The fraction of sp³-hybridized carbons (Fsp3) is 0.667. The summed E-state index contributed by atoms with van der Waals surface area (Å²) in [5, 5.41) is 13.9. The zero-order valence-electron chi connectivity index (χ0n) is 16.3. The predicted octanol–water partition coefficient (Wildman–Crippen LogP) is 2.03. The molecule has 0 bridgehead atoms. The fourth-order valence-electron chi connectivity index (χ4n) is 3.03. The number of amides is 2. The molecule has 1 aromatic heterocycles. The van der Waals surface area contributed by atoms with Gasteiger partial charge in [0.25, 0.3) is 0 Å². The van der Waals surface area contributed by atoms with Crippen LogP contribution in [-0.2, 0) is 9.53 Å². The van der Waals surface area contributed by atoms with E-state index in [0.717, 1.165) is 11.4 Å². The van der Waals surface area contributed by atoms with Crippen LogP contribution in [0.4, 0.5) is 4.79 Å². The van der Waals surface area contributed by atoms with Gasteiger partial charge in [-0.15, -0.1) is 0 Å². The molecule has 1 aromatic rings. The van der Waals surface area contributed by atoms with Gasteiger partial charge in [-0.25, -0.2) is 4.79 Å². The van der Waals surface area contributed by atoms with Crippen LogP contribution in [0.5, 0.6) is 0 Å². The Morgan fingerprint density at radius 2 is 2.00 bits per heavy atom. The number of nitrogens with zero attached hydrogens (tertiary/aromatic N) is 5. The average molecular weight is 361 g/mol. The maximum absolute atomic E-state index is 12.9. The summed E-state index contributed by atoms with van der Waals surface area (Å²) >= 11 is 0. The first-order chi connectivity index (χ1) is 12.0. The number of nitriles is 1. The summed E-state index contributed by atoms with van der Waals surface area (Å²) in [6.45, 7) is 11.7. The van der Waals surface area contributed by atoms with Crippen LogP contribution >= 0.6 is 0 Å². The van der Waals surface area contributed by atoms with Gasteiger partial charge in [0.15, 0.2) is 0 Å². The van der Waals surface area contributed by atoms with E-state index in [9.17, 15) is 14.9 Å². The smallest absolute Gasteiger partial charge is 0.410 e. The van der Waals surface area contributed by atoms with Crippen LogP contribution in [0.2, 0.25) is 0 Å². The lowest BCUT2D eigenvalue weighted by Crippen LogP contribution is -2.57. The monoisotopic (exact) mass is 361 g/mol. The van der Waals surface area contributed by atoms with E-state index in [0.29, 0.717) is 13.1 Å². The molecule has 142 valence electrons. The molecule has 2 rings (SSSR count). The van der Waals surface area contributed by atoms with Gasteiger partial charge in [-0.05, 0) is 47.6 Å². The molecule has 0 N–H and O–H groups in total. The number of aromatic nitrogens is 2. The first-order valence-corrected chi connectivity index (χ1v) is 8.74. The van der Waals surface area contributed by atoms with E-state index in [4.69, 9.17) is 4.74 Å². The van der Waals surface area contributed by atoms with Gasteiger partial charge in [0.1, 0.15) is 17.7 Å². The van der Waals surface area contributed by atoms with Crippen LogP contribution in [0.1, 0.15) is 45.1 Å².